The molecule has 3 nitrogen and oxygen atoms in total. The first kappa shape index (κ1) is 13.4. The molecule has 1 N–H and O–H groups in total. The van der Waals surface area contributed by atoms with Gasteiger partial charge in [-0.2, -0.15) is 0 Å². The van der Waals surface area contributed by atoms with Gasteiger partial charge in [0.2, 0.25) is 0 Å². The Morgan fingerprint density at radius 2 is 2.00 bits per heavy atom. The molecule has 0 radical (unpaired) electrons. The molecule has 1 aliphatic heterocycles. The Kier molecular flexibility index (Phi) is 4.25. The van der Waals surface area contributed by atoms with Crippen molar-refractivity contribution in [3.63, 3.8) is 0 Å². The standard InChI is InChI=1S/C15H25N3/c1-12-11-17(4)9-10-18(12)15-8-6-5-7-14(15)13(2)16-3/h5-8,12-13,16H,9-11H2,1-4H3. The summed E-state index contributed by atoms with van der Waals surface area (Å²) >= 11 is 0. The van der Waals surface area contributed by atoms with E-state index in [2.05, 4.69) is 60.3 Å². The van der Waals surface area contributed by atoms with Crippen LogP contribution in [0.15, 0.2) is 24.3 Å². The van der Waals surface area contributed by atoms with Gasteiger partial charge in [0.25, 0.3) is 0 Å². The highest BCUT2D eigenvalue weighted by molar-refractivity contribution is 5.56. The highest BCUT2D eigenvalue weighted by Crippen LogP contribution is 2.28. The second-order valence-electron chi connectivity index (χ2n) is 5.37. The van der Waals surface area contributed by atoms with Crippen LogP contribution in [0, 0.1) is 0 Å². The lowest BCUT2D eigenvalue weighted by Gasteiger charge is -2.41. The molecule has 1 heterocycles. The number of rotatable bonds is 3. The van der Waals surface area contributed by atoms with Crippen molar-refractivity contribution in [1.29, 1.82) is 0 Å². The molecule has 1 aromatic carbocycles. The highest BCUT2D eigenvalue weighted by Gasteiger charge is 2.24. The molecule has 100 valence electrons. The fourth-order valence-electron chi connectivity index (χ4n) is 2.77. The molecule has 2 unspecified atom stereocenters. The van der Waals surface area contributed by atoms with Crippen LogP contribution in [0.5, 0.6) is 0 Å². The van der Waals surface area contributed by atoms with Crippen molar-refractivity contribution in [2.45, 2.75) is 25.9 Å². The molecule has 3 heteroatoms. The first-order valence-corrected chi connectivity index (χ1v) is 6.85. The Morgan fingerprint density at radius 1 is 1.28 bits per heavy atom. The molecule has 18 heavy (non-hydrogen) atoms. The van der Waals surface area contributed by atoms with Crippen molar-refractivity contribution in [3.8, 4) is 0 Å². The third-order valence-corrected chi connectivity index (χ3v) is 3.98. The normalized spacial score (nSPS) is 23.1. The van der Waals surface area contributed by atoms with Gasteiger partial charge in [0.15, 0.2) is 0 Å². The number of likely N-dealkylation sites (N-methyl/N-ethyl adjacent to an activating group) is 1. The molecule has 1 saturated heterocycles. The summed E-state index contributed by atoms with van der Waals surface area (Å²) < 4.78 is 0. The quantitative estimate of drug-likeness (QED) is 0.882. The van der Waals surface area contributed by atoms with Gasteiger partial charge in [0.1, 0.15) is 0 Å². The maximum absolute atomic E-state index is 3.35. The molecular formula is C15H25N3. The van der Waals surface area contributed by atoms with E-state index in [4.69, 9.17) is 0 Å². The average Bonchev–Trinajstić information content (AvgIpc) is 2.38. The van der Waals surface area contributed by atoms with E-state index in [0.29, 0.717) is 12.1 Å². The van der Waals surface area contributed by atoms with Gasteiger partial charge in [0.05, 0.1) is 0 Å². The van der Waals surface area contributed by atoms with Crippen LogP contribution in [0.25, 0.3) is 0 Å². The number of nitrogens with zero attached hydrogens (tertiary/aromatic N) is 2. The maximum Gasteiger partial charge on any atom is 0.0417 e. The number of para-hydroxylation sites is 1. The molecular weight excluding hydrogens is 222 g/mol. The van der Waals surface area contributed by atoms with Crippen LogP contribution in [0.1, 0.15) is 25.5 Å². The van der Waals surface area contributed by atoms with Gasteiger partial charge in [-0.1, -0.05) is 18.2 Å². The summed E-state index contributed by atoms with van der Waals surface area (Å²) in [6.45, 7) is 7.94. The van der Waals surface area contributed by atoms with Crippen molar-refractivity contribution in [2.24, 2.45) is 0 Å². The molecule has 0 spiro atoms. The minimum atomic E-state index is 0.396. The largest absolute Gasteiger partial charge is 0.366 e. The first-order chi connectivity index (χ1) is 8.63. The van der Waals surface area contributed by atoms with Gasteiger partial charge >= 0.3 is 0 Å². The number of anilines is 1. The van der Waals surface area contributed by atoms with Crippen molar-refractivity contribution in [3.05, 3.63) is 29.8 Å². The van der Waals surface area contributed by atoms with Crippen LogP contribution in [0.2, 0.25) is 0 Å². The zero-order valence-electron chi connectivity index (χ0n) is 12.0. The second-order valence-corrected chi connectivity index (χ2v) is 5.37. The van der Waals surface area contributed by atoms with E-state index in [1.807, 2.05) is 7.05 Å². The summed E-state index contributed by atoms with van der Waals surface area (Å²) in [5, 5.41) is 3.35. The van der Waals surface area contributed by atoms with E-state index < -0.39 is 0 Å². The molecule has 1 fully saturated rings. The summed E-state index contributed by atoms with van der Waals surface area (Å²) in [6.07, 6.45) is 0. The molecule has 0 aromatic heterocycles. The van der Waals surface area contributed by atoms with E-state index in [0.717, 1.165) is 19.6 Å². The monoisotopic (exact) mass is 247 g/mol. The smallest absolute Gasteiger partial charge is 0.0417 e. The predicted molar refractivity (Wildman–Crippen MR) is 78.2 cm³/mol. The van der Waals surface area contributed by atoms with Crippen LogP contribution in [-0.4, -0.2) is 44.7 Å². The van der Waals surface area contributed by atoms with Crippen LogP contribution in [0.3, 0.4) is 0 Å². The molecule has 0 bridgehead atoms. The summed E-state index contributed by atoms with van der Waals surface area (Å²) in [5.41, 5.74) is 2.79. The van der Waals surface area contributed by atoms with E-state index in [-0.39, 0.29) is 0 Å². The number of hydrogen-bond donors (Lipinski definition) is 1. The third-order valence-electron chi connectivity index (χ3n) is 3.98. The lowest BCUT2D eigenvalue weighted by atomic mass is 10.0. The molecule has 1 aliphatic rings. The Morgan fingerprint density at radius 3 is 2.67 bits per heavy atom. The van der Waals surface area contributed by atoms with Crippen LogP contribution < -0.4 is 10.2 Å². The molecule has 2 atom stereocenters. The van der Waals surface area contributed by atoms with Crippen molar-refractivity contribution in [2.75, 3.05) is 38.6 Å². The highest BCUT2D eigenvalue weighted by atomic mass is 15.3. The lowest BCUT2D eigenvalue weighted by molar-refractivity contribution is 0.275. The van der Waals surface area contributed by atoms with E-state index in [9.17, 15) is 0 Å². The fraction of sp³-hybridized carbons (Fsp3) is 0.600. The second kappa shape index (κ2) is 5.72. The van der Waals surface area contributed by atoms with Crippen LogP contribution in [-0.2, 0) is 0 Å². The van der Waals surface area contributed by atoms with Crippen LogP contribution >= 0.6 is 0 Å². The average molecular weight is 247 g/mol. The minimum absolute atomic E-state index is 0.396. The van der Waals surface area contributed by atoms with Gasteiger partial charge in [0, 0.05) is 37.4 Å². The van der Waals surface area contributed by atoms with E-state index in [1.54, 1.807) is 0 Å². The van der Waals surface area contributed by atoms with Gasteiger partial charge in [-0.3, -0.25) is 0 Å². The number of nitrogens with one attached hydrogen (secondary N) is 1. The third kappa shape index (κ3) is 2.68. The Balaban J connectivity index is 2.27. The number of hydrogen-bond acceptors (Lipinski definition) is 3. The maximum atomic E-state index is 3.35. The van der Waals surface area contributed by atoms with Crippen LogP contribution in [0.4, 0.5) is 5.69 Å². The van der Waals surface area contributed by atoms with E-state index >= 15 is 0 Å². The van der Waals surface area contributed by atoms with Crippen molar-refractivity contribution >= 4 is 5.69 Å². The Bertz CT molecular complexity index is 391. The molecule has 0 amide bonds. The molecule has 2 rings (SSSR count). The molecule has 0 saturated carbocycles. The fourth-order valence-corrected chi connectivity index (χ4v) is 2.77. The van der Waals surface area contributed by atoms with Gasteiger partial charge in [-0.15, -0.1) is 0 Å². The Hall–Kier alpha value is -1.06. The number of piperazine rings is 1. The predicted octanol–water partition coefficient (Wildman–Crippen LogP) is 2.11. The van der Waals surface area contributed by atoms with E-state index in [1.165, 1.54) is 11.3 Å². The summed E-state index contributed by atoms with van der Waals surface area (Å²) in [6, 6.07) is 9.74. The minimum Gasteiger partial charge on any atom is -0.366 e. The molecule has 0 aliphatic carbocycles. The zero-order valence-corrected chi connectivity index (χ0v) is 12.0. The summed E-state index contributed by atoms with van der Waals surface area (Å²) in [5.74, 6) is 0. The summed E-state index contributed by atoms with van der Waals surface area (Å²) in [4.78, 5) is 4.95. The van der Waals surface area contributed by atoms with Gasteiger partial charge in [-0.25, -0.2) is 0 Å². The van der Waals surface area contributed by atoms with Crippen molar-refractivity contribution < 1.29 is 0 Å². The van der Waals surface area contributed by atoms with Gasteiger partial charge in [-0.05, 0) is 39.6 Å². The topological polar surface area (TPSA) is 18.5 Å². The SMILES string of the molecule is CNC(C)c1ccccc1N1CCN(C)CC1C. The van der Waals surface area contributed by atoms with Crippen molar-refractivity contribution in [1.82, 2.24) is 10.2 Å². The lowest BCUT2D eigenvalue weighted by Crippen LogP contribution is -2.51. The Labute approximate surface area is 111 Å². The zero-order chi connectivity index (χ0) is 13.1. The number of benzene rings is 1. The summed E-state index contributed by atoms with van der Waals surface area (Å²) in [7, 11) is 4.23. The first-order valence-electron chi connectivity index (χ1n) is 6.85. The molecule has 1 aromatic rings. The van der Waals surface area contributed by atoms with Gasteiger partial charge < -0.3 is 15.1 Å².